The van der Waals surface area contributed by atoms with Gasteiger partial charge < -0.3 is 8.92 Å². The number of nitrogens with one attached hydrogen (secondary N) is 1. The lowest BCUT2D eigenvalue weighted by atomic mass is 10.1. The van der Waals surface area contributed by atoms with Crippen molar-refractivity contribution < 1.29 is 22.1 Å². The van der Waals surface area contributed by atoms with E-state index in [1.165, 1.54) is 48.8 Å². The first-order valence-corrected chi connectivity index (χ1v) is 13.7. The third-order valence-electron chi connectivity index (χ3n) is 5.22. The number of hydrogen-bond acceptors (Lipinski definition) is 8. The van der Waals surface area contributed by atoms with E-state index in [0.29, 0.717) is 16.4 Å². The van der Waals surface area contributed by atoms with Gasteiger partial charge in [-0.1, -0.05) is 59.6 Å². The maximum Gasteiger partial charge on any atom is 0.339 e. The first kappa shape index (κ1) is 26.9. The molecule has 38 heavy (non-hydrogen) atoms. The van der Waals surface area contributed by atoms with Gasteiger partial charge in [0.05, 0.1) is 17.8 Å². The van der Waals surface area contributed by atoms with Crippen LogP contribution in [0, 0.1) is 18.3 Å². The molecule has 0 spiro atoms. The van der Waals surface area contributed by atoms with E-state index in [4.69, 9.17) is 20.5 Å². The third-order valence-corrected chi connectivity index (χ3v) is 7.50. The van der Waals surface area contributed by atoms with Gasteiger partial charge in [0.25, 0.3) is 5.91 Å². The Bertz CT molecular complexity index is 1660. The Morgan fingerprint density at radius 1 is 1.13 bits per heavy atom. The van der Waals surface area contributed by atoms with Crippen LogP contribution in [0.5, 0.6) is 11.5 Å². The van der Waals surface area contributed by atoms with Crippen molar-refractivity contribution in [2.45, 2.75) is 11.8 Å². The predicted octanol–water partition coefficient (Wildman–Crippen LogP) is 6.09. The molecule has 0 aliphatic carbocycles. The number of ether oxygens (including phenoxy) is 1. The molecule has 0 saturated heterocycles. The predicted molar refractivity (Wildman–Crippen MR) is 147 cm³/mol. The molecule has 3 aromatic carbocycles. The fourth-order valence-electron chi connectivity index (χ4n) is 3.32. The molecule has 0 fully saturated rings. The highest BCUT2D eigenvalue weighted by atomic mass is 35.5. The van der Waals surface area contributed by atoms with E-state index in [-0.39, 0.29) is 27.0 Å². The quantitative estimate of drug-likeness (QED) is 0.156. The van der Waals surface area contributed by atoms with Gasteiger partial charge in [-0.05, 0) is 42.8 Å². The number of carbonyl (C=O) groups excluding carboxylic acids is 1. The normalized spacial score (nSPS) is 11.5. The van der Waals surface area contributed by atoms with Crippen LogP contribution in [0.4, 0.5) is 5.13 Å². The lowest BCUT2D eigenvalue weighted by Gasteiger charge is -2.13. The summed E-state index contributed by atoms with van der Waals surface area (Å²) in [7, 11) is -2.88. The van der Waals surface area contributed by atoms with Crippen LogP contribution < -0.4 is 14.2 Å². The summed E-state index contributed by atoms with van der Waals surface area (Å²) in [5.74, 6) is -0.880. The minimum atomic E-state index is -4.19. The third kappa shape index (κ3) is 6.20. The second-order valence-corrected chi connectivity index (χ2v) is 10.7. The average molecular weight is 566 g/mol. The Morgan fingerprint density at radius 2 is 1.84 bits per heavy atom. The Balaban J connectivity index is 1.56. The fourth-order valence-corrected chi connectivity index (χ4v) is 5.29. The molecule has 8 nitrogen and oxygen atoms in total. The lowest BCUT2D eigenvalue weighted by molar-refractivity contribution is -0.112. The maximum atomic E-state index is 12.8. The summed E-state index contributed by atoms with van der Waals surface area (Å²) in [5.41, 5.74) is 2.58. The number of methoxy groups -OCH3 is 1. The summed E-state index contributed by atoms with van der Waals surface area (Å²) in [6.07, 6.45) is 1.30. The van der Waals surface area contributed by atoms with E-state index < -0.39 is 16.0 Å². The van der Waals surface area contributed by atoms with Crippen molar-refractivity contribution in [3.8, 4) is 28.8 Å². The molecule has 1 heterocycles. The van der Waals surface area contributed by atoms with Crippen LogP contribution in [0.2, 0.25) is 5.02 Å². The Kier molecular flexibility index (Phi) is 8.12. The lowest BCUT2D eigenvalue weighted by Crippen LogP contribution is -2.13. The Labute approximate surface area is 228 Å². The number of halogens is 1. The molecular formula is C27H20ClN3O5S2. The van der Waals surface area contributed by atoms with Gasteiger partial charge in [0.2, 0.25) is 5.75 Å². The number of aryl methyl sites for hydroxylation is 1. The SMILES string of the molecule is COc1cc(C=C(C#N)C(=O)Nc2nc(-c3ccccc3)cs2)cc(Cl)c1OS(=O)(=O)c1ccc(C)cc1. The van der Waals surface area contributed by atoms with E-state index in [1.807, 2.05) is 43.3 Å². The number of amides is 1. The number of thiazole rings is 1. The van der Waals surface area contributed by atoms with E-state index in [9.17, 15) is 18.5 Å². The number of aromatic nitrogens is 1. The Hall–Kier alpha value is -4.17. The van der Waals surface area contributed by atoms with Crippen molar-refractivity contribution in [3.63, 3.8) is 0 Å². The molecule has 0 radical (unpaired) electrons. The van der Waals surface area contributed by atoms with Crippen molar-refractivity contribution >= 4 is 50.2 Å². The molecule has 1 amide bonds. The smallest absolute Gasteiger partial charge is 0.339 e. The summed E-state index contributed by atoms with van der Waals surface area (Å²) < 4.78 is 36.1. The van der Waals surface area contributed by atoms with Crippen LogP contribution in [0.25, 0.3) is 17.3 Å². The minimum absolute atomic E-state index is 0.00422. The van der Waals surface area contributed by atoms with Gasteiger partial charge in [0.15, 0.2) is 10.9 Å². The average Bonchev–Trinajstić information content (AvgIpc) is 3.37. The second-order valence-electron chi connectivity index (χ2n) is 7.91. The number of nitriles is 1. The highest BCUT2D eigenvalue weighted by molar-refractivity contribution is 7.87. The summed E-state index contributed by atoms with van der Waals surface area (Å²) in [5, 5.41) is 14.3. The second kappa shape index (κ2) is 11.5. The van der Waals surface area contributed by atoms with Crippen molar-refractivity contribution in [2.75, 3.05) is 12.4 Å². The van der Waals surface area contributed by atoms with E-state index >= 15 is 0 Å². The minimum Gasteiger partial charge on any atom is -0.493 e. The molecule has 1 aromatic heterocycles. The molecule has 0 aliphatic heterocycles. The van der Waals surface area contributed by atoms with Crippen molar-refractivity contribution in [1.29, 1.82) is 5.26 Å². The molecular weight excluding hydrogens is 546 g/mol. The van der Waals surface area contributed by atoms with Crippen LogP contribution in [-0.2, 0) is 14.9 Å². The van der Waals surface area contributed by atoms with Crippen molar-refractivity contribution in [2.24, 2.45) is 0 Å². The van der Waals surface area contributed by atoms with Gasteiger partial charge in [-0.2, -0.15) is 13.7 Å². The Morgan fingerprint density at radius 3 is 2.50 bits per heavy atom. The largest absolute Gasteiger partial charge is 0.493 e. The van der Waals surface area contributed by atoms with Crippen LogP contribution in [0.15, 0.2) is 82.6 Å². The van der Waals surface area contributed by atoms with Crippen LogP contribution in [-0.4, -0.2) is 26.4 Å². The topological polar surface area (TPSA) is 118 Å². The summed E-state index contributed by atoms with van der Waals surface area (Å²) in [6.45, 7) is 1.83. The zero-order chi connectivity index (χ0) is 27.3. The molecule has 0 aliphatic rings. The van der Waals surface area contributed by atoms with E-state index in [1.54, 1.807) is 17.5 Å². The fraction of sp³-hybridized carbons (Fsp3) is 0.0741. The zero-order valence-electron chi connectivity index (χ0n) is 20.1. The number of anilines is 1. The molecule has 4 aromatic rings. The number of hydrogen-bond donors (Lipinski definition) is 1. The van der Waals surface area contributed by atoms with Gasteiger partial charge in [-0.25, -0.2) is 4.98 Å². The van der Waals surface area contributed by atoms with Crippen molar-refractivity contribution in [3.05, 3.63) is 93.8 Å². The van der Waals surface area contributed by atoms with Gasteiger partial charge >= 0.3 is 10.1 Å². The maximum absolute atomic E-state index is 12.8. The first-order chi connectivity index (χ1) is 18.2. The summed E-state index contributed by atoms with van der Waals surface area (Å²) in [4.78, 5) is 17.1. The highest BCUT2D eigenvalue weighted by Crippen LogP contribution is 2.39. The summed E-state index contributed by atoms with van der Waals surface area (Å²) >= 11 is 7.57. The molecule has 0 atom stereocenters. The molecule has 11 heteroatoms. The first-order valence-electron chi connectivity index (χ1n) is 11.0. The monoisotopic (exact) mass is 565 g/mol. The zero-order valence-corrected chi connectivity index (χ0v) is 22.5. The molecule has 1 N–H and O–H groups in total. The van der Waals surface area contributed by atoms with E-state index in [0.717, 1.165) is 11.1 Å². The summed E-state index contributed by atoms with van der Waals surface area (Å²) in [6, 6.07) is 20.2. The van der Waals surface area contributed by atoms with Crippen LogP contribution >= 0.6 is 22.9 Å². The number of nitrogens with zero attached hydrogens (tertiary/aromatic N) is 2. The van der Waals surface area contributed by atoms with Gasteiger partial charge in [-0.15, -0.1) is 11.3 Å². The molecule has 0 saturated carbocycles. The van der Waals surface area contributed by atoms with Gasteiger partial charge in [0.1, 0.15) is 16.5 Å². The van der Waals surface area contributed by atoms with Crippen molar-refractivity contribution in [1.82, 2.24) is 4.98 Å². The molecule has 192 valence electrons. The molecule has 0 bridgehead atoms. The molecule has 4 rings (SSSR count). The number of benzene rings is 3. The van der Waals surface area contributed by atoms with E-state index in [2.05, 4.69) is 10.3 Å². The molecule has 0 unspecified atom stereocenters. The standard InChI is InChI=1S/C27H20ClN3O5S2/c1-17-8-10-21(11-9-17)38(33,34)36-25-22(28)13-18(14-24(25)35-2)12-20(15-29)26(32)31-27-30-23(16-37-27)19-6-4-3-5-7-19/h3-14,16H,1-2H3,(H,30,31,32). The van der Waals surface area contributed by atoms with Gasteiger partial charge in [-0.3, -0.25) is 10.1 Å². The van der Waals surface area contributed by atoms with Crippen LogP contribution in [0.3, 0.4) is 0 Å². The number of rotatable bonds is 8. The highest BCUT2D eigenvalue weighted by Gasteiger charge is 2.22. The van der Waals surface area contributed by atoms with Crippen LogP contribution in [0.1, 0.15) is 11.1 Å². The van der Waals surface area contributed by atoms with Gasteiger partial charge in [0, 0.05) is 10.9 Å². The number of carbonyl (C=O) groups is 1.